The minimum Gasteiger partial charge on any atom is -0.374 e. The van der Waals surface area contributed by atoms with Crippen molar-refractivity contribution in [3.8, 4) is 0 Å². The van der Waals surface area contributed by atoms with Gasteiger partial charge in [-0.05, 0) is 6.42 Å². The average molecular weight is 260 g/mol. The lowest BCUT2D eigenvalue weighted by Crippen LogP contribution is -2.30. The standard InChI is InChI=1S/C10H14ClN3O3/c11-2-1-3-14-7-5-17-4-6(9(12)15)8(7)13-10(14)16/h6H,1-5H2,(H2,12,15)(H,13,16). The molecule has 3 N–H and O–H groups in total. The first-order valence-electron chi connectivity index (χ1n) is 5.39. The molecule has 0 aromatic carbocycles. The van der Waals surface area contributed by atoms with Crippen molar-refractivity contribution in [1.82, 2.24) is 9.55 Å². The van der Waals surface area contributed by atoms with E-state index in [4.69, 9.17) is 22.1 Å². The predicted molar refractivity (Wildman–Crippen MR) is 62.0 cm³/mol. The van der Waals surface area contributed by atoms with Crippen LogP contribution in [0.3, 0.4) is 0 Å². The molecule has 0 saturated heterocycles. The van der Waals surface area contributed by atoms with E-state index in [-0.39, 0.29) is 12.3 Å². The molecule has 1 aromatic heterocycles. The molecule has 17 heavy (non-hydrogen) atoms. The highest BCUT2D eigenvalue weighted by atomic mass is 35.5. The molecule has 0 fully saturated rings. The van der Waals surface area contributed by atoms with Crippen molar-refractivity contribution in [2.75, 3.05) is 12.5 Å². The number of H-pyrrole nitrogens is 1. The first kappa shape index (κ1) is 12.2. The van der Waals surface area contributed by atoms with Gasteiger partial charge in [-0.1, -0.05) is 0 Å². The van der Waals surface area contributed by atoms with Crippen LogP contribution in [-0.4, -0.2) is 27.9 Å². The largest absolute Gasteiger partial charge is 0.374 e. The van der Waals surface area contributed by atoms with Crippen molar-refractivity contribution in [3.63, 3.8) is 0 Å². The van der Waals surface area contributed by atoms with Gasteiger partial charge >= 0.3 is 5.69 Å². The van der Waals surface area contributed by atoms with Crippen LogP contribution in [0.2, 0.25) is 0 Å². The van der Waals surface area contributed by atoms with E-state index in [0.717, 1.165) is 0 Å². The Hall–Kier alpha value is -1.27. The van der Waals surface area contributed by atoms with Crippen LogP contribution in [0.25, 0.3) is 0 Å². The Balaban J connectivity index is 2.38. The molecule has 1 atom stereocenters. The number of alkyl halides is 1. The van der Waals surface area contributed by atoms with Gasteiger partial charge in [0.15, 0.2) is 0 Å². The summed E-state index contributed by atoms with van der Waals surface area (Å²) in [6.45, 7) is 1.06. The van der Waals surface area contributed by atoms with E-state index >= 15 is 0 Å². The van der Waals surface area contributed by atoms with Crippen molar-refractivity contribution in [2.45, 2.75) is 25.5 Å². The molecule has 0 radical (unpaired) electrons. The highest BCUT2D eigenvalue weighted by molar-refractivity contribution is 6.17. The smallest absolute Gasteiger partial charge is 0.326 e. The van der Waals surface area contributed by atoms with Gasteiger partial charge in [0, 0.05) is 12.4 Å². The molecule has 1 aromatic rings. The number of nitrogens with two attached hydrogens (primary N) is 1. The number of imidazole rings is 1. The fraction of sp³-hybridized carbons (Fsp3) is 0.600. The van der Waals surface area contributed by atoms with Crippen LogP contribution in [-0.2, 0) is 22.7 Å². The van der Waals surface area contributed by atoms with E-state index in [9.17, 15) is 9.59 Å². The summed E-state index contributed by atoms with van der Waals surface area (Å²) in [7, 11) is 0. The molecule has 6 nitrogen and oxygen atoms in total. The van der Waals surface area contributed by atoms with Crippen LogP contribution in [0.5, 0.6) is 0 Å². The van der Waals surface area contributed by atoms with Crippen LogP contribution in [0, 0.1) is 0 Å². The predicted octanol–water partition coefficient (Wildman–Crippen LogP) is -0.0956. The van der Waals surface area contributed by atoms with E-state index in [2.05, 4.69) is 4.98 Å². The molecular weight excluding hydrogens is 246 g/mol. The number of rotatable bonds is 4. The minimum absolute atomic E-state index is 0.220. The Labute approximate surface area is 103 Å². The topological polar surface area (TPSA) is 90.1 Å². The third-order valence-electron chi connectivity index (χ3n) is 2.85. The molecule has 1 aliphatic rings. The van der Waals surface area contributed by atoms with Crippen LogP contribution in [0.4, 0.5) is 0 Å². The van der Waals surface area contributed by atoms with E-state index in [1.165, 1.54) is 0 Å². The Morgan fingerprint density at radius 2 is 2.41 bits per heavy atom. The highest BCUT2D eigenvalue weighted by Crippen LogP contribution is 2.23. The zero-order valence-electron chi connectivity index (χ0n) is 9.24. The Kier molecular flexibility index (Phi) is 3.54. The fourth-order valence-electron chi connectivity index (χ4n) is 2.00. The lowest BCUT2D eigenvalue weighted by atomic mass is 10.0. The number of primary amides is 1. The molecule has 2 rings (SSSR count). The number of nitrogens with one attached hydrogen (secondary N) is 1. The van der Waals surface area contributed by atoms with Crippen molar-refractivity contribution in [3.05, 3.63) is 21.9 Å². The van der Waals surface area contributed by atoms with Gasteiger partial charge in [-0.2, -0.15) is 0 Å². The summed E-state index contributed by atoms with van der Waals surface area (Å²) >= 11 is 5.60. The summed E-state index contributed by atoms with van der Waals surface area (Å²) in [4.78, 5) is 25.7. The lowest BCUT2D eigenvalue weighted by molar-refractivity contribution is -0.121. The number of nitrogens with zero attached hydrogens (tertiary/aromatic N) is 1. The Morgan fingerprint density at radius 3 is 3.06 bits per heavy atom. The number of hydrogen-bond donors (Lipinski definition) is 2. The molecular formula is C10H14ClN3O3. The van der Waals surface area contributed by atoms with Gasteiger partial charge in [0.25, 0.3) is 0 Å². The Bertz CT molecular complexity index is 480. The van der Waals surface area contributed by atoms with Crippen LogP contribution in [0.1, 0.15) is 23.7 Å². The number of hydrogen-bond acceptors (Lipinski definition) is 3. The Morgan fingerprint density at radius 1 is 1.65 bits per heavy atom. The van der Waals surface area contributed by atoms with Gasteiger partial charge in [-0.25, -0.2) is 4.79 Å². The number of aromatic amines is 1. The molecule has 0 saturated carbocycles. The first-order chi connectivity index (χ1) is 8.15. The van der Waals surface area contributed by atoms with Crippen LogP contribution >= 0.6 is 11.6 Å². The van der Waals surface area contributed by atoms with Crippen LogP contribution < -0.4 is 11.4 Å². The van der Waals surface area contributed by atoms with Gasteiger partial charge in [0.05, 0.1) is 24.6 Å². The molecule has 1 unspecified atom stereocenters. The molecule has 0 bridgehead atoms. The second kappa shape index (κ2) is 4.93. The van der Waals surface area contributed by atoms with Crippen molar-refractivity contribution in [2.24, 2.45) is 5.73 Å². The average Bonchev–Trinajstić information content (AvgIpc) is 2.61. The number of halogens is 1. The van der Waals surface area contributed by atoms with Crippen molar-refractivity contribution >= 4 is 17.5 Å². The second-order valence-electron chi connectivity index (χ2n) is 3.95. The molecule has 0 aliphatic carbocycles. The third-order valence-corrected chi connectivity index (χ3v) is 3.12. The zero-order valence-corrected chi connectivity index (χ0v) is 10.00. The lowest BCUT2D eigenvalue weighted by Gasteiger charge is -2.20. The normalized spacial score (nSPS) is 19.0. The maximum Gasteiger partial charge on any atom is 0.326 e. The SMILES string of the molecule is NC(=O)C1COCc2c1[nH]c(=O)n2CCCCl. The summed E-state index contributed by atoms with van der Waals surface area (Å²) in [6, 6.07) is 0. The zero-order chi connectivity index (χ0) is 12.4. The van der Waals surface area contributed by atoms with Gasteiger partial charge in [-0.15, -0.1) is 11.6 Å². The molecule has 0 spiro atoms. The number of carbonyl (C=O) groups is 1. The van der Waals surface area contributed by atoms with E-state index in [0.29, 0.717) is 36.8 Å². The van der Waals surface area contributed by atoms with Gasteiger partial charge in [0.1, 0.15) is 5.92 Å². The summed E-state index contributed by atoms with van der Waals surface area (Å²) in [5, 5.41) is 0. The fourth-order valence-corrected chi connectivity index (χ4v) is 2.12. The molecule has 1 amide bonds. The highest BCUT2D eigenvalue weighted by Gasteiger charge is 2.29. The van der Waals surface area contributed by atoms with E-state index in [1.54, 1.807) is 4.57 Å². The summed E-state index contributed by atoms with van der Waals surface area (Å²) in [5.41, 5.74) is 6.32. The number of amides is 1. The monoisotopic (exact) mass is 259 g/mol. The summed E-state index contributed by atoms with van der Waals surface area (Å²) in [5.74, 6) is -0.577. The van der Waals surface area contributed by atoms with Gasteiger partial charge < -0.3 is 15.5 Å². The number of ether oxygens (including phenoxy) is 1. The maximum absolute atomic E-state index is 11.7. The van der Waals surface area contributed by atoms with E-state index in [1.807, 2.05) is 0 Å². The van der Waals surface area contributed by atoms with Crippen LogP contribution in [0.15, 0.2) is 4.79 Å². The quantitative estimate of drug-likeness (QED) is 0.740. The molecule has 2 heterocycles. The summed E-state index contributed by atoms with van der Waals surface area (Å²) in [6.07, 6.45) is 0.687. The minimum atomic E-state index is -0.566. The number of fused-ring (bicyclic) bond motifs is 1. The molecule has 94 valence electrons. The maximum atomic E-state index is 11.7. The van der Waals surface area contributed by atoms with Gasteiger partial charge in [-0.3, -0.25) is 9.36 Å². The van der Waals surface area contributed by atoms with Gasteiger partial charge in [0.2, 0.25) is 5.91 Å². The second-order valence-corrected chi connectivity index (χ2v) is 4.33. The first-order valence-corrected chi connectivity index (χ1v) is 5.93. The third kappa shape index (κ3) is 2.23. The number of aromatic nitrogens is 2. The van der Waals surface area contributed by atoms with Crippen molar-refractivity contribution < 1.29 is 9.53 Å². The molecule has 7 heteroatoms. The van der Waals surface area contributed by atoms with Crippen molar-refractivity contribution in [1.29, 1.82) is 0 Å². The summed E-state index contributed by atoms with van der Waals surface area (Å²) < 4.78 is 6.85. The molecule has 1 aliphatic heterocycles. The van der Waals surface area contributed by atoms with E-state index < -0.39 is 11.8 Å². The number of carbonyl (C=O) groups excluding carboxylic acids is 1.